The Labute approximate surface area is 48.1 Å². The van der Waals surface area contributed by atoms with E-state index in [1.165, 1.54) is 0 Å². The fourth-order valence-corrected chi connectivity index (χ4v) is 0.644. The first-order valence-corrected chi connectivity index (χ1v) is 2.42. The van der Waals surface area contributed by atoms with E-state index >= 15 is 0 Å². The van der Waals surface area contributed by atoms with E-state index in [0.29, 0.717) is 0 Å². The molecule has 0 aromatic rings. The second-order valence-corrected chi connectivity index (χ2v) is 2.20. The van der Waals surface area contributed by atoms with Crippen LogP contribution in [0, 0.1) is 0 Å². The van der Waals surface area contributed by atoms with Gasteiger partial charge in [0, 0.05) is 0 Å². The third-order valence-corrected chi connectivity index (χ3v) is 1.33. The summed E-state index contributed by atoms with van der Waals surface area (Å²) in [5.41, 5.74) is 0. The van der Waals surface area contributed by atoms with Crippen molar-refractivity contribution in [2.75, 3.05) is 0 Å². The fraction of sp³-hybridized carbons (Fsp3) is 1.00. The maximum atomic E-state index is 11.6. The van der Waals surface area contributed by atoms with Gasteiger partial charge in [-0.25, -0.2) is 8.78 Å². The highest BCUT2D eigenvalue weighted by atomic mass is 19.4. The Kier molecular flexibility index (Phi) is 1.07. The molecule has 1 aliphatic rings. The summed E-state index contributed by atoms with van der Waals surface area (Å²) < 4.78 is 57.1. The lowest BCUT2D eigenvalue weighted by atomic mass is 9.83. The van der Waals surface area contributed by atoms with Crippen LogP contribution in [0.4, 0.5) is 21.7 Å². The highest BCUT2D eigenvalue weighted by molar-refractivity contribution is 6.61. The van der Waals surface area contributed by atoms with Crippen molar-refractivity contribution in [3.63, 3.8) is 0 Å². The van der Waals surface area contributed by atoms with Gasteiger partial charge in [0.25, 0.3) is 0 Å². The van der Waals surface area contributed by atoms with E-state index in [1.807, 2.05) is 0 Å². The van der Waals surface area contributed by atoms with Gasteiger partial charge >= 0.3 is 6.98 Å². The summed E-state index contributed by atoms with van der Waals surface area (Å²) in [6.07, 6.45) is -1.00. The number of hydrogen-bond acceptors (Lipinski definition) is 0. The van der Waals surface area contributed by atoms with Crippen molar-refractivity contribution in [3.05, 3.63) is 0 Å². The molecule has 0 aromatic carbocycles. The molecule has 1 atom stereocenters. The summed E-state index contributed by atoms with van der Waals surface area (Å²) in [6, 6.07) is 0. The maximum Gasteiger partial charge on any atom is 0.487 e. The molecule has 0 bridgehead atoms. The van der Waals surface area contributed by atoms with Crippen molar-refractivity contribution in [3.8, 4) is 0 Å². The molecule has 54 valence electrons. The van der Waals surface area contributed by atoms with E-state index in [1.54, 1.807) is 0 Å². The van der Waals surface area contributed by atoms with Gasteiger partial charge < -0.3 is 12.9 Å². The second-order valence-electron chi connectivity index (χ2n) is 2.20. The molecule has 1 saturated carbocycles. The highest BCUT2D eigenvalue weighted by Crippen LogP contribution is 2.60. The Morgan fingerprint density at radius 3 is 1.56 bits per heavy atom. The maximum absolute atomic E-state index is 11.6. The largest absolute Gasteiger partial charge is 0.487 e. The van der Waals surface area contributed by atoms with Crippen molar-refractivity contribution in [2.24, 2.45) is 0 Å². The monoisotopic (exact) mass is 145 g/mol. The molecule has 0 saturated heterocycles. The van der Waals surface area contributed by atoms with Crippen LogP contribution in [0.2, 0.25) is 5.82 Å². The van der Waals surface area contributed by atoms with Crippen LogP contribution in [0.3, 0.4) is 0 Å². The van der Waals surface area contributed by atoms with E-state index in [0.717, 1.165) is 0 Å². The summed E-state index contributed by atoms with van der Waals surface area (Å²) in [7, 11) is 0. The zero-order valence-electron chi connectivity index (χ0n) is 4.25. The number of hydrogen-bond donors (Lipinski definition) is 0. The van der Waals surface area contributed by atoms with Crippen molar-refractivity contribution in [1.29, 1.82) is 0 Å². The second kappa shape index (κ2) is 1.41. The number of rotatable bonds is 1. The van der Waals surface area contributed by atoms with Crippen molar-refractivity contribution < 1.29 is 21.7 Å². The average Bonchev–Trinajstić information content (AvgIpc) is 2.10. The molecule has 0 nitrogen and oxygen atoms in total. The fourth-order valence-electron chi connectivity index (χ4n) is 0.644. The molecule has 0 amide bonds. The topological polar surface area (TPSA) is 0 Å². The van der Waals surface area contributed by atoms with Crippen LogP contribution in [0.5, 0.6) is 0 Å². The van der Waals surface area contributed by atoms with Gasteiger partial charge in [0.1, 0.15) is 0 Å². The number of halogens is 5. The Morgan fingerprint density at radius 2 is 1.56 bits per heavy atom. The SMILES string of the molecule is F[B-](F)(F)C1CC1(F)F. The van der Waals surface area contributed by atoms with Crippen LogP contribution < -0.4 is 0 Å². The Morgan fingerprint density at radius 1 is 1.22 bits per heavy atom. The molecule has 1 unspecified atom stereocenters. The van der Waals surface area contributed by atoms with E-state index in [2.05, 4.69) is 0 Å². The van der Waals surface area contributed by atoms with E-state index in [4.69, 9.17) is 0 Å². The molecule has 1 fully saturated rings. The van der Waals surface area contributed by atoms with Crippen LogP contribution in [0.25, 0.3) is 0 Å². The smallest absolute Gasteiger partial charge is 0.449 e. The van der Waals surface area contributed by atoms with E-state index in [-0.39, 0.29) is 0 Å². The summed E-state index contributed by atoms with van der Waals surface area (Å²) in [4.78, 5) is 0. The molecular weight excluding hydrogens is 142 g/mol. The van der Waals surface area contributed by atoms with Crippen molar-refractivity contribution in [2.45, 2.75) is 18.2 Å². The first-order chi connectivity index (χ1) is 3.84. The van der Waals surface area contributed by atoms with Crippen LogP contribution in [-0.2, 0) is 0 Å². The van der Waals surface area contributed by atoms with Gasteiger partial charge in [-0.3, -0.25) is 0 Å². The minimum Gasteiger partial charge on any atom is -0.449 e. The van der Waals surface area contributed by atoms with Gasteiger partial charge in [0.2, 0.25) is 5.92 Å². The molecule has 9 heavy (non-hydrogen) atoms. The van der Waals surface area contributed by atoms with Crippen molar-refractivity contribution >= 4 is 6.98 Å². The molecular formula is C3H3BF5-. The molecule has 0 N–H and O–H groups in total. The van der Waals surface area contributed by atoms with Crippen molar-refractivity contribution in [1.82, 2.24) is 0 Å². The summed E-state index contributed by atoms with van der Waals surface area (Å²) in [5.74, 6) is -5.75. The standard InChI is InChI=1S/C3H3BF5/c5-3(6)1-2(3)4(7,8)9/h2H,1H2/q-1. The normalized spacial score (nSPS) is 32.3. The molecule has 1 rings (SSSR count). The lowest BCUT2D eigenvalue weighted by Gasteiger charge is -2.10. The lowest BCUT2D eigenvalue weighted by Crippen LogP contribution is -2.18. The third-order valence-electron chi connectivity index (χ3n) is 1.33. The average molecular weight is 145 g/mol. The molecule has 6 heteroatoms. The molecule has 0 aliphatic heterocycles. The Balaban J connectivity index is 2.52. The van der Waals surface area contributed by atoms with Crippen LogP contribution in [0.15, 0.2) is 0 Å². The Bertz CT molecular complexity index is 127. The molecule has 0 heterocycles. The zero-order valence-corrected chi connectivity index (χ0v) is 4.25. The molecule has 1 aliphatic carbocycles. The van der Waals surface area contributed by atoms with Gasteiger partial charge in [-0.2, -0.15) is 0 Å². The minimum atomic E-state index is -5.29. The highest BCUT2D eigenvalue weighted by Gasteiger charge is 2.64. The van der Waals surface area contributed by atoms with Crippen LogP contribution >= 0.6 is 0 Å². The third kappa shape index (κ3) is 1.16. The van der Waals surface area contributed by atoms with Crippen LogP contribution in [0.1, 0.15) is 6.42 Å². The number of alkyl halides is 2. The summed E-state index contributed by atoms with van der Waals surface area (Å²) in [5, 5.41) is 0. The zero-order chi connectivity index (χ0) is 7.28. The molecule has 0 radical (unpaired) electrons. The van der Waals surface area contributed by atoms with Gasteiger partial charge in [-0.15, -0.1) is 0 Å². The molecule has 0 aromatic heterocycles. The predicted molar refractivity (Wildman–Crippen MR) is 22.4 cm³/mol. The van der Waals surface area contributed by atoms with E-state index in [9.17, 15) is 21.7 Å². The van der Waals surface area contributed by atoms with Gasteiger partial charge in [-0.1, -0.05) is 0 Å². The first-order valence-electron chi connectivity index (χ1n) is 2.42. The molecule has 0 spiro atoms. The minimum absolute atomic E-state index is 1.00. The van der Waals surface area contributed by atoms with E-state index < -0.39 is 25.1 Å². The quantitative estimate of drug-likeness (QED) is 0.392. The van der Waals surface area contributed by atoms with Crippen LogP contribution in [-0.4, -0.2) is 12.9 Å². The lowest BCUT2D eigenvalue weighted by molar-refractivity contribution is 0.115. The predicted octanol–water partition coefficient (Wildman–Crippen LogP) is 2.24. The van der Waals surface area contributed by atoms with Gasteiger partial charge in [0.15, 0.2) is 0 Å². The van der Waals surface area contributed by atoms with Gasteiger partial charge in [0.05, 0.1) is 0 Å². The summed E-state index contributed by atoms with van der Waals surface area (Å²) in [6.45, 7) is -5.29. The summed E-state index contributed by atoms with van der Waals surface area (Å²) >= 11 is 0. The first kappa shape index (κ1) is 6.83. The Hall–Kier alpha value is -0.285. The van der Waals surface area contributed by atoms with Gasteiger partial charge in [-0.05, 0) is 12.2 Å².